The molecule has 0 radical (unpaired) electrons. The van der Waals surface area contributed by atoms with Gasteiger partial charge in [-0.3, -0.25) is 9.78 Å². The van der Waals surface area contributed by atoms with Crippen molar-refractivity contribution >= 4 is 19.6 Å². The van der Waals surface area contributed by atoms with E-state index >= 15 is 0 Å². The highest BCUT2D eigenvalue weighted by Gasteiger charge is 2.04. The highest BCUT2D eigenvalue weighted by molar-refractivity contribution is 6.32. The molecule has 0 aliphatic rings. The van der Waals surface area contributed by atoms with Crippen LogP contribution < -0.4 is 5.46 Å². The molecule has 4 heteroatoms. The number of aromatic nitrogens is 1. The Bertz CT molecular complexity index is 447. The number of pyridine rings is 1. The summed E-state index contributed by atoms with van der Waals surface area (Å²) in [5, 5.41) is 0. The highest BCUT2D eigenvalue weighted by Crippen LogP contribution is 2.17. The average molecular weight is 185 g/mol. The Morgan fingerprint density at radius 3 is 2.71 bits per heavy atom. The van der Waals surface area contributed by atoms with E-state index in [0.717, 1.165) is 11.2 Å². The van der Waals surface area contributed by atoms with Crippen molar-refractivity contribution in [2.45, 2.75) is 0 Å². The minimum atomic E-state index is 0.322. The number of nitrogens with zero attached hydrogens (tertiary/aromatic N) is 1. The molecule has 0 spiro atoms. The van der Waals surface area contributed by atoms with E-state index in [1.54, 1.807) is 18.3 Å². The van der Waals surface area contributed by atoms with Crippen LogP contribution in [0.15, 0.2) is 34.9 Å². The maximum Gasteiger partial charge on any atom is 0.185 e. The lowest BCUT2D eigenvalue weighted by atomic mass is 9.99. The smallest absolute Gasteiger partial charge is 0.185 e. The van der Waals surface area contributed by atoms with E-state index in [0.29, 0.717) is 17.8 Å². The van der Waals surface area contributed by atoms with Gasteiger partial charge in [0, 0.05) is 6.20 Å². The number of carbonyl (C=O) groups is 1. The van der Waals surface area contributed by atoms with Gasteiger partial charge in [0.25, 0.3) is 0 Å². The molecular formula is C10H8BNO2. The van der Waals surface area contributed by atoms with Crippen molar-refractivity contribution in [2.75, 3.05) is 0 Å². The summed E-state index contributed by atoms with van der Waals surface area (Å²) >= 11 is 0. The maximum atomic E-state index is 10.4. The molecule has 2 aromatic heterocycles. The Balaban J connectivity index is 2.39. The van der Waals surface area contributed by atoms with Gasteiger partial charge in [0.15, 0.2) is 17.8 Å². The first kappa shape index (κ1) is 8.75. The predicted octanol–water partition coefficient (Wildman–Crippen LogP) is 0.412. The second-order valence-corrected chi connectivity index (χ2v) is 3.04. The van der Waals surface area contributed by atoms with Crippen LogP contribution in [0.1, 0.15) is 10.6 Å². The molecule has 2 heterocycles. The Hall–Kier alpha value is -1.84. The third-order valence-corrected chi connectivity index (χ3v) is 1.91. The van der Waals surface area contributed by atoms with E-state index in [4.69, 9.17) is 4.42 Å². The van der Waals surface area contributed by atoms with Gasteiger partial charge in [-0.05, 0) is 18.2 Å². The summed E-state index contributed by atoms with van der Waals surface area (Å²) in [6.07, 6.45) is 2.44. The van der Waals surface area contributed by atoms with Gasteiger partial charge in [-0.1, -0.05) is 11.5 Å². The van der Waals surface area contributed by atoms with E-state index in [2.05, 4.69) is 4.98 Å². The molecule has 2 aromatic rings. The lowest BCUT2D eigenvalue weighted by Crippen LogP contribution is -2.01. The fraction of sp³-hybridized carbons (Fsp3) is 0. The first-order valence-corrected chi connectivity index (χ1v) is 4.27. The number of carbonyl (C=O) groups excluding carboxylic acids is 1. The van der Waals surface area contributed by atoms with Crippen molar-refractivity contribution in [3.63, 3.8) is 0 Å². The Morgan fingerprint density at radius 2 is 2.14 bits per heavy atom. The van der Waals surface area contributed by atoms with E-state index < -0.39 is 0 Å². The Morgan fingerprint density at radius 1 is 1.29 bits per heavy atom. The Kier molecular flexibility index (Phi) is 2.19. The lowest BCUT2D eigenvalue weighted by molar-refractivity contribution is 0.110. The second-order valence-electron chi connectivity index (χ2n) is 3.04. The van der Waals surface area contributed by atoms with Gasteiger partial charge in [-0.2, -0.15) is 0 Å². The summed E-state index contributed by atoms with van der Waals surface area (Å²) in [6.45, 7) is 0. The van der Waals surface area contributed by atoms with Crippen LogP contribution in [0.2, 0.25) is 0 Å². The van der Waals surface area contributed by atoms with Gasteiger partial charge in [0.05, 0.1) is 0 Å². The SMILES string of the molecule is Bc1ccc(-c2ccc(C=O)o2)nc1. The number of aldehydes is 1. The average Bonchev–Trinajstić information content (AvgIpc) is 2.67. The topological polar surface area (TPSA) is 43.1 Å². The molecule has 0 aliphatic carbocycles. The number of hydrogen-bond acceptors (Lipinski definition) is 3. The van der Waals surface area contributed by atoms with Gasteiger partial charge in [0.2, 0.25) is 0 Å². The molecule has 0 saturated heterocycles. The minimum Gasteiger partial charge on any atom is -0.452 e. The summed E-state index contributed by atoms with van der Waals surface area (Å²) in [4.78, 5) is 14.6. The summed E-state index contributed by atoms with van der Waals surface area (Å²) in [6, 6.07) is 7.18. The summed E-state index contributed by atoms with van der Waals surface area (Å²) in [5.41, 5.74) is 1.83. The molecule has 2 rings (SSSR count). The fourth-order valence-corrected chi connectivity index (χ4v) is 1.17. The van der Waals surface area contributed by atoms with Crippen LogP contribution in [-0.2, 0) is 0 Å². The number of furan rings is 1. The number of rotatable bonds is 2. The molecule has 0 atom stereocenters. The molecule has 0 bridgehead atoms. The van der Waals surface area contributed by atoms with Crippen LogP contribution in [0.5, 0.6) is 0 Å². The van der Waals surface area contributed by atoms with Crippen molar-refractivity contribution < 1.29 is 9.21 Å². The molecular weight excluding hydrogens is 177 g/mol. The molecule has 68 valence electrons. The molecule has 14 heavy (non-hydrogen) atoms. The van der Waals surface area contributed by atoms with E-state index in [9.17, 15) is 4.79 Å². The molecule has 0 unspecified atom stereocenters. The van der Waals surface area contributed by atoms with Crippen molar-refractivity contribution in [3.8, 4) is 11.5 Å². The minimum absolute atomic E-state index is 0.322. The quantitative estimate of drug-likeness (QED) is 0.502. The van der Waals surface area contributed by atoms with Crippen LogP contribution in [0.3, 0.4) is 0 Å². The van der Waals surface area contributed by atoms with E-state index in [1.165, 1.54) is 0 Å². The zero-order chi connectivity index (χ0) is 9.97. The van der Waals surface area contributed by atoms with Crippen molar-refractivity contribution in [2.24, 2.45) is 0 Å². The summed E-state index contributed by atoms with van der Waals surface area (Å²) in [7, 11) is 1.97. The van der Waals surface area contributed by atoms with Crippen LogP contribution in [-0.4, -0.2) is 19.1 Å². The lowest BCUT2D eigenvalue weighted by Gasteiger charge is -1.95. The third kappa shape index (κ3) is 1.59. The third-order valence-electron chi connectivity index (χ3n) is 1.91. The van der Waals surface area contributed by atoms with Crippen LogP contribution >= 0.6 is 0 Å². The second kappa shape index (κ2) is 3.50. The van der Waals surface area contributed by atoms with Crippen molar-refractivity contribution in [3.05, 3.63) is 36.2 Å². The molecule has 0 amide bonds. The van der Waals surface area contributed by atoms with Crippen molar-refractivity contribution in [1.82, 2.24) is 4.98 Å². The standard InChI is InChI=1S/C10H8BNO2/c11-7-1-3-9(12-5-7)10-4-2-8(6-13)14-10/h1-6H,11H2. The summed E-state index contributed by atoms with van der Waals surface area (Å²) < 4.78 is 5.23. The molecule has 0 saturated carbocycles. The zero-order valence-corrected chi connectivity index (χ0v) is 7.73. The van der Waals surface area contributed by atoms with Crippen LogP contribution in [0, 0.1) is 0 Å². The number of hydrogen-bond donors (Lipinski definition) is 0. The largest absolute Gasteiger partial charge is 0.452 e. The van der Waals surface area contributed by atoms with Gasteiger partial charge in [-0.25, -0.2) is 0 Å². The van der Waals surface area contributed by atoms with Gasteiger partial charge >= 0.3 is 0 Å². The van der Waals surface area contributed by atoms with Gasteiger partial charge in [-0.15, -0.1) is 0 Å². The van der Waals surface area contributed by atoms with E-state index in [-0.39, 0.29) is 0 Å². The first-order chi connectivity index (χ1) is 6.79. The van der Waals surface area contributed by atoms with Gasteiger partial charge < -0.3 is 4.42 Å². The molecule has 0 N–H and O–H groups in total. The highest BCUT2D eigenvalue weighted by atomic mass is 16.3. The molecule has 0 aliphatic heterocycles. The van der Waals surface area contributed by atoms with E-state index in [1.807, 2.05) is 20.0 Å². The molecule has 3 nitrogen and oxygen atoms in total. The zero-order valence-electron chi connectivity index (χ0n) is 7.73. The summed E-state index contributed by atoms with van der Waals surface area (Å²) in [5.74, 6) is 0.939. The maximum absolute atomic E-state index is 10.4. The van der Waals surface area contributed by atoms with Crippen molar-refractivity contribution in [1.29, 1.82) is 0 Å². The fourth-order valence-electron chi connectivity index (χ4n) is 1.17. The van der Waals surface area contributed by atoms with Crippen LogP contribution in [0.4, 0.5) is 0 Å². The Labute approximate surface area is 82.2 Å². The van der Waals surface area contributed by atoms with Gasteiger partial charge in [0.1, 0.15) is 13.5 Å². The predicted molar refractivity (Wildman–Crippen MR) is 55.5 cm³/mol. The first-order valence-electron chi connectivity index (χ1n) is 4.27. The van der Waals surface area contributed by atoms with Crippen LogP contribution in [0.25, 0.3) is 11.5 Å². The monoisotopic (exact) mass is 185 g/mol. The molecule has 0 fully saturated rings. The normalized spacial score (nSPS) is 10.0. The molecule has 0 aromatic carbocycles.